The van der Waals surface area contributed by atoms with E-state index in [1.807, 2.05) is 37.6 Å². The van der Waals surface area contributed by atoms with E-state index < -0.39 is 0 Å². The number of likely N-dealkylation sites (tertiary alicyclic amines) is 1. The lowest BCUT2D eigenvalue weighted by Crippen LogP contribution is -2.63. The van der Waals surface area contributed by atoms with Crippen LogP contribution in [-0.2, 0) is 11.8 Å². The van der Waals surface area contributed by atoms with Gasteiger partial charge in [-0.05, 0) is 29.9 Å². The van der Waals surface area contributed by atoms with Crippen LogP contribution < -0.4 is 5.32 Å². The molecular formula is C21H23FN6O. The number of hydrogen-bond donors (Lipinski definition) is 1. The summed E-state index contributed by atoms with van der Waals surface area (Å²) in [7, 11) is 1.88. The van der Waals surface area contributed by atoms with E-state index in [1.54, 1.807) is 10.9 Å². The second kappa shape index (κ2) is 6.88. The minimum atomic E-state index is -0.304. The molecule has 2 aromatic heterocycles. The van der Waals surface area contributed by atoms with Crippen molar-refractivity contribution in [3.63, 3.8) is 0 Å². The molecule has 1 N–H and O–H groups in total. The van der Waals surface area contributed by atoms with Crippen molar-refractivity contribution in [1.29, 1.82) is 0 Å². The van der Waals surface area contributed by atoms with Gasteiger partial charge in [-0.15, -0.1) is 0 Å². The quantitative estimate of drug-likeness (QED) is 0.720. The smallest absolute Gasteiger partial charge is 0.229 e. The van der Waals surface area contributed by atoms with Crippen molar-refractivity contribution in [2.75, 3.05) is 31.6 Å². The fourth-order valence-corrected chi connectivity index (χ4v) is 4.65. The molecule has 3 aromatic rings. The van der Waals surface area contributed by atoms with Crippen LogP contribution in [0.4, 0.5) is 10.3 Å². The molecule has 1 saturated heterocycles. The first kappa shape index (κ1) is 18.2. The van der Waals surface area contributed by atoms with Crippen LogP contribution in [-0.4, -0.2) is 56.9 Å². The Morgan fingerprint density at radius 2 is 2.10 bits per heavy atom. The molecule has 1 aromatic carbocycles. The Labute approximate surface area is 167 Å². The third-order valence-corrected chi connectivity index (χ3v) is 6.10. The summed E-state index contributed by atoms with van der Waals surface area (Å²) >= 11 is 0. The molecule has 8 heteroatoms. The van der Waals surface area contributed by atoms with Crippen molar-refractivity contribution < 1.29 is 9.18 Å². The minimum Gasteiger partial charge on any atom is -0.300 e. The SMILES string of the molecule is Cn1cc(-c2ccc3cnc(NC(=O)C4CC5(C4)CN(CCF)C5)nc3c2)cn1. The molecule has 0 unspecified atom stereocenters. The maximum Gasteiger partial charge on any atom is 0.229 e. The molecule has 7 nitrogen and oxygen atoms in total. The Balaban J connectivity index is 1.25. The second-order valence-corrected chi connectivity index (χ2v) is 8.36. The fourth-order valence-electron chi connectivity index (χ4n) is 4.65. The molecule has 5 rings (SSSR count). The van der Waals surface area contributed by atoms with Gasteiger partial charge < -0.3 is 0 Å². The fraction of sp³-hybridized carbons (Fsp3) is 0.429. The zero-order chi connectivity index (χ0) is 20.0. The molecule has 1 amide bonds. The summed E-state index contributed by atoms with van der Waals surface area (Å²) in [6.45, 7) is 2.01. The molecule has 29 heavy (non-hydrogen) atoms. The van der Waals surface area contributed by atoms with Crippen LogP contribution in [0.1, 0.15) is 12.8 Å². The number of hydrogen-bond acceptors (Lipinski definition) is 5. The Hall–Kier alpha value is -2.87. The van der Waals surface area contributed by atoms with E-state index in [0.717, 1.165) is 48.0 Å². The van der Waals surface area contributed by atoms with Gasteiger partial charge in [-0.1, -0.05) is 12.1 Å². The lowest BCUT2D eigenvalue weighted by Gasteiger charge is -2.58. The predicted octanol–water partition coefficient (Wildman–Crippen LogP) is 2.65. The maximum absolute atomic E-state index is 12.6. The first-order valence-corrected chi connectivity index (χ1v) is 9.89. The highest BCUT2D eigenvalue weighted by atomic mass is 19.1. The number of carbonyl (C=O) groups excluding carboxylic acids is 1. The van der Waals surface area contributed by atoms with E-state index in [9.17, 15) is 9.18 Å². The largest absolute Gasteiger partial charge is 0.300 e. The van der Waals surface area contributed by atoms with Gasteiger partial charge in [0.15, 0.2) is 0 Å². The van der Waals surface area contributed by atoms with Crippen LogP contribution in [0.2, 0.25) is 0 Å². The number of nitrogens with zero attached hydrogens (tertiary/aromatic N) is 5. The Kier molecular flexibility index (Phi) is 4.31. The lowest BCUT2D eigenvalue weighted by molar-refractivity contribution is -0.139. The highest BCUT2D eigenvalue weighted by Crippen LogP contribution is 2.52. The maximum atomic E-state index is 12.6. The molecule has 0 atom stereocenters. The molecule has 2 aliphatic rings. The molecule has 150 valence electrons. The van der Waals surface area contributed by atoms with Gasteiger partial charge in [-0.2, -0.15) is 5.10 Å². The Bertz CT molecular complexity index is 1070. The van der Waals surface area contributed by atoms with Crippen molar-refractivity contribution in [2.45, 2.75) is 12.8 Å². The zero-order valence-corrected chi connectivity index (χ0v) is 16.3. The summed E-state index contributed by atoms with van der Waals surface area (Å²) in [5, 5.41) is 8.00. The number of fused-ring (bicyclic) bond motifs is 1. The van der Waals surface area contributed by atoms with Gasteiger partial charge in [0, 0.05) is 55.9 Å². The molecular weight excluding hydrogens is 371 g/mol. The van der Waals surface area contributed by atoms with Crippen LogP contribution in [0, 0.1) is 11.3 Å². The Morgan fingerprint density at radius 3 is 2.83 bits per heavy atom. The van der Waals surface area contributed by atoms with Gasteiger partial charge >= 0.3 is 0 Å². The predicted molar refractivity (Wildman–Crippen MR) is 108 cm³/mol. The topological polar surface area (TPSA) is 75.9 Å². The van der Waals surface area contributed by atoms with E-state index in [2.05, 4.69) is 25.3 Å². The average Bonchev–Trinajstić information content (AvgIpc) is 3.08. The zero-order valence-electron chi connectivity index (χ0n) is 16.3. The summed E-state index contributed by atoms with van der Waals surface area (Å²) in [5.74, 6) is 0.297. The van der Waals surface area contributed by atoms with E-state index in [1.165, 1.54) is 0 Å². The summed E-state index contributed by atoms with van der Waals surface area (Å²) in [6.07, 6.45) is 7.22. The molecule has 0 radical (unpaired) electrons. The number of aryl methyl sites for hydroxylation is 1. The van der Waals surface area contributed by atoms with Crippen LogP contribution in [0.3, 0.4) is 0 Å². The first-order chi connectivity index (χ1) is 14.0. The third-order valence-electron chi connectivity index (χ3n) is 6.10. The van der Waals surface area contributed by atoms with Gasteiger partial charge in [-0.25, -0.2) is 14.4 Å². The van der Waals surface area contributed by atoms with Crippen LogP contribution in [0.15, 0.2) is 36.8 Å². The van der Waals surface area contributed by atoms with Crippen molar-refractivity contribution in [1.82, 2.24) is 24.6 Å². The van der Waals surface area contributed by atoms with Crippen molar-refractivity contribution >= 4 is 22.8 Å². The molecule has 0 bridgehead atoms. The van der Waals surface area contributed by atoms with Crippen molar-refractivity contribution in [2.24, 2.45) is 18.4 Å². The summed E-state index contributed by atoms with van der Waals surface area (Å²) in [5.41, 5.74) is 3.04. The number of aromatic nitrogens is 4. The molecule has 1 aliphatic heterocycles. The van der Waals surface area contributed by atoms with Crippen molar-refractivity contribution in [3.8, 4) is 11.1 Å². The highest BCUT2D eigenvalue weighted by Gasteiger charge is 2.54. The second-order valence-electron chi connectivity index (χ2n) is 8.36. The average molecular weight is 394 g/mol. The van der Waals surface area contributed by atoms with Crippen LogP contribution in [0.25, 0.3) is 22.0 Å². The van der Waals surface area contributed by atoms with Gasteiger partial charge in [-0.3, -0.25) is 19.7 Å². The molecule has 1 saturated carbocycles. The summed E-state index contributed by atoms with van der Waals surface area (Å²) in [6, 6.07) is 5.97. The number of benzene rings is 1. The van der Waals surface area contributed by atoms with Gasteiger partial charge in [0.05, 0.1) is 11.7 Å². The molecule has 2 fully saturated rings. The normalized spacial score (nSPS) is 18.6. The Morgan fingerprint density at radius 1 is 1.28 bits per heavy atom. The number of amides is 1. The lowest BCUT2D eigenvalue weighted by atomic mass is 9.57. The van der Waals surface area contributed by atoms with E-state index in [-0.39, 0.29) is 23.9 Å². The highest BCUT2D eigenvalue weighted by molar-refractivity contribution is 5.93. The summed E-state index contributed by atoms with van der Waals surface area (Å²) in [4.78, 5) is 23.5. The van der Waals surface area contributed by atoms with E-state index >= 15 is 0 Å². The van der Waals surface area contributed by atoms with Crippen LogP contribution in [0.5, 0.6) is 0 Å². The monoisotopic (exact) mass is 394 g/mol. The number of nitrogens with one attached hydrogen (secondary N) is 1. The number of halogens is 1. The van der Waals surface area contributed by atoms with E-state index in [0.29, 0.717) is 12.5 Å². The van der Waals surface area contributed by atoms with Gasteiger partial charge in [0.2, 0.25) is 11.9 Å². The molecule has 1 aliphatic carbocycles. The number of carbonyl (C=O) groups is 1. The van der Waals surface area contributed by atoms with Crippen molar-refractivity contribution in [3.05, 3.63) is 36.8 Å². The summed E-state index contributed by atoms with van der Waals surface area (Å²) < 4.78 is 14.2. The minimum absolute atomic E-state index is 0.0106. The first-order valence-electron chi connectivity index (χ1n) is 9.89. The molecule has 1 spiro atoms. The number of alkyl halides is 1. The van der Waals surface area contributed by atoms with E-state index in [4.69, 9.17) is 0 Å². The number of anilines is 1. The standard InChI is InChI=1S/C21H23FN6O/c1-27-11-17(10-24-27)14-2-3-15-9-23-20(25-18(15)6-14)26-19(29)16-7-21(8-16)12-28(13-21)5-4-22/h2-3,6,9-11,16H,4-5,7-8,12-13H2,1H3,(H,23,25,26,29). The number of rotatable bonds is 5. The van der Waals surface area contributed by atoms with Gasteiger partial charge in [0.25, 0.3) is 0 Å². The molecule has 3 heterocycles. The van der Waals surface area contributed by atoms with Crippen LogP contribution >= 0.6 is 0 Å². The third kappa shape index (κ3) is 3.37. The van der Waals surface area contributed by atoms with Gasteiger partial charge in [0.1, 0.15) is 6.67 Å².